The summed E-state index contributed by atoms with van der Waals surface area (Å²) in [4.78, 5) is 0. The zero-order valence-corrected chi connectivity index (χ0v) is 8.51. The molecule has 1 N–H and O–H groups in total. The molecule has 0 aliphatic carbocycles. The average molecular weight is 178 g/mol. The lowest BCUT2D eigenvalue weighted by molar-refractivity contribution is 0.103. The summed E-state index contributed by atoms with van der Waals surface area (Å²) in [6.07, 6.45) is 3.33. The van der Waals surface area contributed by atoms with Crippen molar-refractivity contribution in [3.8, 4) is 0 Å². The summed E-state index contributed by atoms with van der Waals surface area (Å²) in [7, 11) is 3.30. The lowest BCUT2D eigenvalue weighted by atomic mass is 10.3. The van der Waals surface area contributed by atoms with Crippen LogP contribution in [0.15, 0.2) is 0 Å². The molecular weight excluding hydrogens is 156 g/mol. The molecule has 0 saturated heterocycles. The second-order valence-corrected chi connectivity index (χ2v) is 2.42. The van der Waals surface area contributed by atoms with E-state index in [9.17, 15) is 0 Å². The van der Waals surface area contributed by atoms with Gasteiger partial charge < -0.3 is 14.6 Å². The summed E-state index contributed by atoms with van der Waals surface area (Å²) in [6.45, 7) is 3.86. The van der Waals surface area contributed by atoms with E-state index in [0.29, 0.717) is 19.8 Å². The summed E-state index contributed by atoms with van der Waals surface area (Å²) in [5, 5.41) is 8.20. The van der Waals surface area contributed by atoms with Gasteiger partial charge >= 0.3 is 0 Å². The van der Waals surface area contributed by atoms with Crippen molar-refractivity contribution in [1.82, 2.24) is 0 Å². The molecule has 0 heterocycles. The summed E-state index contributed by atoms with van der Waals surface area (Å²) < 4.78 is 9.31. The second kappa shape index (κ2) is 17.1. The summed E-state index contributed by atoms with van der Waals surface area (Å²) in [5.74, 6) is 0. The van der Waals surface area contributed by atoms with Gasteiger partial charge in [0.1, 0.15) is 0 Å². The number of aliphatic hydroxyl groups is 1. The Morgan fingerprint density at radius 1 is 1.00 bits per heavy atom. The Hall–Kier alpha value is -0.120. The summed E-state index contributed by atoms with van der Waals surface area (Å²) in [5.41, 5.74) is 0. The van der Waals surface area contributed by atoms with Crippen LogP contribution < -0.4 is 0 Å². The quantitative estimate of drug-likeness (QED) is 0.626. The highest BCUT2D eigenvalue weighted by molar-refractivity contribution is 4.30. The van der Waals surface area contributed by atoms with Crippen molar-refractivity contribution in [2.24, 2.45) is 0 Å². The highest BCUT2D eigenvalue weighted by Crippen LogP contribution is 1.89. The Kier molecular flexibility index (Phi) is 20.5. The minimum atomic E-state index is 0.355. The Morgan fingerprint density at radius 3 is 1.67 bits per heavy atom. The van der Waals surface area contributed by atoms with Crippen molar-refractivity contribution in [3.63, 3.8) is 0 Å². The van der Waals surface area contributed by atoms with E-state index in [1.807, 2.05) is 0 Å². The third-order valence-electron chi connectivity index (χ3n) is 1.25. The zero-order chi connectivity index (χ0) is 9.66. The van der Waals surface area contributed by atoms with Crippen LogP contribution in [0.4, 0.5) is 0 Å². The molecule has 0 unspecified atom stereocenters. The number of aliphatic hydroxyl groups excluding tert-OH is 1. The Morgan fingerprint density at radius 2 is 1.50 bits per heavy atom. The maximum absolute atomic E-state index is 8.20. The van der Waals surface area contributed by atoms with Crippen LogP contribution in [0, 0.1) is 0 Å². The normalized spacial score (nSPS) is 9.00. The van der Waals surface area contributed by atoms with E-state index >= 15 is 0 Å². The molecule has 0 spiro atoms. The van der Waals surface area contributed by atoms with E-state index in [2.05, 4.69) is 16.4 Å². The number of ether oxygens (including phenoxy) is 2. The highest BCUT2D eigenvalue weighted by Gasteiger charge is 1.76. The molecule has 0 bridgehead atoms. The van der Waals surface area contributed by atoms with Crippen LogP contribution in [0.3, 0.4) is 0 Å². The van der Waals surface area contributed by atoms with Crippen LogP contribution in [-0.2, 0) is 9.47 Å². The number of hydrogen-bond acceptors (Lipinski definition) is 3. The molecule has 76 valence electrons. The average Bonchev–Trinajstić information content (AvgIpc) is 2.12. The molecule has 0 amide bonds. The van der Waals surface area contributed by atoms with Gasteiger partial charge in [-0.25, -0.2) is 0 Å². The van der Waals surface area contributed by atoms with Crippen molar-refractivity contribution in [2.45, 2.75) is 26.2 Å². The van der Waals surface area contributed by atoms with E-state index in [1.165, 1.54) is 6.42 Å². The number of methoxy groups -OCH3 is 2. The maximum Gasteiger partial charge on any atom is 0.0696 e. The smallest absolute Gasteiger partial charge is 0.0696 e. The lowest BCUT2D eigenvalue weighted by Gasteiger charge is -1.91. The highest BCUT2D eigenvalue weighted by atomic mass is 16.5. The summed E-state index contributed by atoms with van der Waals surface area (Å²) >= 11 is 0. The maximum atomic E-state index is 8.20. The molecule has 12 heavy (non-hydrogen) atoms. The van der Waals surface area contributed by atoms with Gasteiger partial charge in [0.05, 0.1) is 13.2 Å². The molecule has 0 aromatic rings. The zero-order valence-electron chi connectivity index (χ0n) is 8.51. The van der Waals surface area contributed by atoms with Crippen LogP contribution in [-0.4, -0.2) is 39.1 Å². The molecule has 0 aromatic heterocycles. The van der Waals surface area contributed by atoms with Crippen molar-refractivity contribution in [2.75, 3.05) is 34.0 Å². The van der Waals surface area contributed by atoms with Gasteiger partial charge in [0.15, 0.2) is 0 Å². The molecule has 0 aromatic carbocycles. The first-order valence-corrected chi connectivity index (χ1v) is 4.42. The molecule has 0 saturated carbocycles. The molecule has 3 heteroatoms. The van der Waals surface area contributed by atoms with E-state index in [1.54, 1.807) is 14.2 Å². The monoisotopic (exact) mass is 178 g/mol. The van der Waals surface area contributed by atoms with Crippen molar-refractivity contribution >= 4 is 0 Å². The standard InChI is InChI=1S/C5H12O.C4H10O2/c1-2-3-4-5-6;1-5-3-4-6-2/h6H,2-5H2,1H3;3-4H2,1-2H3. The Labute approximate surface area is 75.7 Å². The Balaban J connectivity index is 0. The van der Waals surface area contributed by atoms with E-state index in [-0.39, 0.29) is 0 Å². The van der Waals surface area contributed by atoms with Gasteiger partial charge in [-0.15, -0.1) is 0 Å². The van der Waals surface area contributed by atoms with Gasteiger partial charge in [0, 0.05) is 20.8 Å². The second-order valence-electron chi connectivity index (χ2n) is 2.42. The molecule has 0 atom stereocenters. The van der Waals surface area contributed by atoms with Gasteiger partial charge in [0.2, 0.25) is 0 Å². The number of rotatable bonds is 6. The van der Waals surface area contributed by atoms with Gasteiger partial charge in [-0.1, -0.05) is 19.8 Å². The molecular formula is C9H22O3. The van der Waals surface area contributed by atoms with Crippen LogP contribution in [0.25, 0.3) is 0 Å². The Bertz CT molecular complexity index is 41.7. The van der Waals surface area contributed by atoms with Gasteiger partial charge in [-0.05, 0) is 6.42 Å². The minimum absolute atomic E-state index is 0.355. The van der Waals surface area contributed by atoms with Crippen LogP contribution in [0.2, 0.25) is 0 Å². The predicted molar refractivity (Wildman–Crippen MR) is 50.4 cm³/mol. The van der Waals surface area contributed by atoms with Crippen molar-refractivity contribution < 1.29 is 14.6 Å². The molecule has 0 aliphatic rings. The van der Waals surface area contributed by atoms with Crippen molar-refractivity contribution in [3.05, 3.63) is 0 Å². The third-order valence-corrected chi connectivity index (χ3v) is 1.25. The molecule has 0 fully saturated rings. The number of unbranched alkanes of at least 4 members (excludes halogenated alkanes) is 2. The van der Waals surface area contributed by atoms with Crippen LogP contribution in [0.1, 0.15) is 26.2 Å². The first kappa shape index (κ1) is 14.4. The molecule has 0 radical (unpaired) electrons. The van der Waals surface area contributed by atoms with E-state index < -0.39 is 0 Å². The first-order chi connectivity index (χ1) is 5.83. The molecule has 3 nitrogen and oxygen atoms in total. The molecule has 0 aliphatic heterocycles. The third kappa shape index (κ3) is 22.5. The SMILES string of the molecule is CCCCCO.COCCOC. The molecule has 0 rings (SSSR count). The van der Waals surface area contributed by atoms with E-state index in [4.69, 9.17) is 5.11 Å². The minimum Gasteiger partial charge on any atom is -0.396 e. The van der Waals surface area contributed by atoms with Crippen LogP contribution in [0.5, 0.6) is 0 Å². The van der Waals surface area contributed by atoms with Gasteiger partial charge in [-0.2, -0.15) is 0 Å². The lowest BCUT2D eigenvalue weighted by Crippen LogP contribution is -1.96. The van der Waals surface area contributed by atoms with E-state index in [0.717, 1.165) is 12.8 Å². The summed E-state index contributed by atoms with van der Waals surface area (Å²) in [6, 6.07) is 0. The van der Waals surface area contributed by atoms with Gasteiger partial charge in [0.25, 0.3) is 0 Å². The topological polar surface area (TPSA) is 38.7 Å². The predicted octanol–water partition coefficient (Wildman–Crippen LogP) is 1.45. The fraction of sp³-hybridized carbons (Fsp3) is 1.00. The largest absolute Gasteiger partial charge is 0.396 e. The van der Waals surface area contributed by atoms with Crippen molar-refractivity contribution in [1.29, 1.82) is 0 Å². The number of hydrogen-bond donors (Lipinski definition) is 1. The first-order valence-electron chi connectivity index (χ1n) is 4.42. The fourth-order valence-electron chi connectivity index (χ4n) is 0.528. The van der Waals surface area contributed by atoms with Gasteiger partial charge in [-0.3, -0.25) is 0 Å². The fourth-order valence-corrected chi connectivity index (χ4v) is 0.528. The van der Waals surface area contributed by atoms with Crippen LogP contribution >= 0.6 is 0 Å².